The van der Waals surface area contributed by atoms with Crippen LogP contribution in [0.1, 0.15) is 27.9 Å². The highest BCUT2D eigenvalue weighted by Crippen LogP contribution is 2.15. The van der Waals surface area contributed by atoms with E-state index in [-0.39, 0.29) is 12.3 Å². The molecule has 0 saturated carbocycles. The Kier molecular flexibility index (Phi) is 8.62. The minimum Gasteiger partial charge on any atom is -0.493 e. The molecule has 0 aromatic heterocycles. The molecule has 0 aliphatic heterocycles. The molecule has 0 aliphatic rings. The molecule has 176 valence electrons. The van der Waals surface area contributed by atoms with Gasteiger partial charge in [-0.1, -0.05) is 30.3 Å². The molecule has 0 heterocycles. The first-order valence-electron chi connectivity index (χ1n) is 10.8. The Bertz CT molecular complexity index is 1100. The molecule has 0 aliphatic carbocycles. The second-order valence-electron chi connectivity index (χ2n) is 7.57. The van der Waals surface area contributed by atoms with Crippen molar-refractivity contribution in [2.45, 2.75) is 18.9 Å². The summed E-state index contributed by atoms with van der Waals surface area (Å²) in [4.78, 5) is 23.9. The predicted molar refractivity (Wildman–Crippen MR) is 129 cm³/mol. The van der Waals surface area contributed by atoms with E-state index in [1.807, 2.05) is 0 Å². The van der Waals surface area contributed by atoms with Gasteiger partial charge >= 0.3 is 5.97 Å². The van der Waals surface area contributed by atoms with Gasteiger partial charge in [0.05, 0.1) is 13.2 Å². The highest BCUT2D eigenvalue weighted by atomic mass is 16.5. The van der Waals surface area contributed by atoms with Crippen molar-refractivity contribution in [1.29, 1.82) is 5.41 Å². The van der Waals surface area contributed by atoms with E-state index in [4.69, 9.17) is 20.6 Å². The molecule has 0 unspecified atom stereocenters. The lowest BCUT2D eigenvalue weighted by atomic mass is 10.1. The van der Waals surface area contributed by atoms with E-state index < -0.39 is 17.9 Å². The van der Waals surface area contributed by atoms with E-state index in [9.17, 15) is 14.7 Å². The molecule has 0 bridgehead atoms. The van der Waals surface area contributed by atoms with Gasteiger partial charge in [0.2, 0.25) is 0 Å². The highest BCUT2D eigenvalue weighted by molar-refractivity contribution is 5.96. The third kappa shape index (κ3) is 7.37. The van der Waals surface area contributed by atoms with E-state index in [0.717, 1.165) is 5.56 Å². The van der Waals surface area contributed by atoms with Crippen molar-refractivity contribution in [3.63, 3.8) is 0 Å². The first kappa shape index (κ1) is 24.3. The van der Waals surface area contributed by atoms with Crippen molar-refractivity contribution < 1.29 is 24.2 Å². The summed E-state index contributed by atoms with van der Waals surface area (Å²) in [6.45, 7) is 0.925. The van der Waals surface area contributed by atoms with Gasteiger partial charge < -0.3 is 25.6 Å². The summed E-state index contributed by atoms with van der Waals surface area (Å²) in [5, 5.41) is 19.5. The summed E-state index contributed by atoms with van der Waals surface area (Å²) in [6, 6.07) is 21.6. The Morgan fingerprint density at radius 2 is 1.41 bits per heavy atom. The number of amidine groups is 1. The topological polar surface area (TPSA) is 135 Å². The van der Waals surface area contributed by atoms with E-state index >= 15 is 0 Å². The van der Waals surface area contributed by atoms with Gasteiger partial charge in [0.25, 0.3) is 5.91 Å². The van der Waals surface area contributed by atoms with Gasteiger partial charge in [0, 0.05) is 24.0 Å². The number of benzene rings is 3. The normalized spacial score (nSPS) is 11.3. The van der Waals surface area contributed by atoms with Crippen molar-refractivity contribution in [1.82, 2.24) is 5.32 Å². The maximum Gasteiger partial charge on any atom is 0.326 e. The zero-order valence-corrected chi connectivity index (χ0v) is 18.6. The first-order valence-corrected chi connectivity index (χ1v) is 10.8. The molecule has 5 N–H and O–H groups in total. The lowest BCUT2D eigenvalue weighted by Crippen LogP contribution is -2.42. The molecule has 3 aromatic carbocycles. The van der Waals surface area contributed by atoms with Gasteiger partial charge in [0.1, 0.15) is 23.4 Å². The molecule has 1 atom stereocenters. The van der Waals surface area contributed by atoms with Gasteiger partial charge in [-0.2, -0.15) is 0 Å². The number of ether oxygens (including phenoxy) is 2. The molecule has 0 fully saturated rings. The minimum atomic E-state index is -1.10. The van der Waals surface area contributed by atoms with Crippen molar-refractivity contribution >= 4 is 17.7 Å². The van der Waals surface area contributed by atoms with E-state index in [2.05, 4.69) is 5.32 Å². The highest BCUT2D eigenvalue weighted by Gasteiger charge is 2.21. The molecule has 3 aromatic rings. The van der Waals surface area contributed by atoms with Crippen LogP contribution in [0.3, 0.4) is 0 Å². The van der Waals surface area contributed by atoms with Gasteiger partial charge in [-0.05, 0) is 54.1 Å². The Hall–Kier alpha value is -4.33. The number of rotatable bonds is 12. The summed E-state index contributed by atoms with van der Waals surface area (Å²) in [7, 11) is 0. The number of carbonyl (C=O) groups is 2. The maximum absolute atomic E-state index is 12.3. The van der Waals surface area contributed by atoms with Crippen LogP contribution in [0.15, 0.2) is 78.9 Å². The second kappa shape index (κ2) is 12.1. The van der Waals surface area contributed by atoms with Crippen molar-refractivity contribution in [3.05, 3.63) is 95.6 Å². The molecule has 1 amide bonds. The summed E-state index contributed by atoms with van der Waals surface area (Å²) in [6.07, 6.45) is 0.827. The quantitative estimate of drug-likeness (QED) is 0.186. The summed E-state index contributed by atoms with van der Waals surface area (Å²) in [5.41, 5.74) is 7.26. The first-order chi connectivity index (χ1) is 16.4. The lowest BCUT2D eigenvalue weighted by Gasteiger charge is -2.15. The van der Waals surface area contributed by atoms with Crippen molar-refractivity contribution in [3.8, 4) is 11.5 Å². The number of hydrogen-bond acceptors (Lipinski definition) is 5. The molecule has 8 nitrogen and oxygen atoms in total. The van der Waals surface area contributed by atoms with Crippen molar-refractivity contribution in [2.24, 2.45) is 5.73 Å². The zero-order chi connectivity index (χ0) is 24.3. The van der Waals surface area contributed by atoms with Gasteiger partial charge in [-0.15, -0.1) is 0 Å². The lowest BCUT2D eigenvalue weighted by molar-refractivity contribution is -0.139. The van der Waals surface area contributed by atoms with Crippen LogP contribution in [0.4, 0.5) is 0 Å². The molecular weight excluding hydrogens is 434 g/mol. The summed E-state index contributed by atoms with van der Waals surface area (Å²) >= 11 is 0. The summed E-state index contributed by atoms with van der Waals surface area (Å²) in [5.74, 6) is -0.150. The number of hydrogen-bond donors (Lipinski definition) is 4. The molecular formula is C26H27N3O5. The number of carboxylic acid groups (broad SMARTS) is 1. The smallest absolute Gasteiger partial charge is 0.326 e. The van der Waals surface area contributed by atoms with E-state index in [1.165, 1.54) is 0 Å². The Morgan fingerprint density at radius 1 is 0.853 bits per heavy atom. The fourth-order valence-corrected chi connectivity index (χ4v) is 3.16. The number of nitrogens with one attached hydrogen (secondary N) is 2. The van der Waals surface area contributed by atoms with Crippen LogP contribution in [0, 0.1) is 5.41 Å². The number of carbonyl (C=O) groups excluding carboxylic acids is 1. The second-order valence-corrected chi connectivity index (χ2v) is 7.57. The van der Waals surface area contributed by atoms with Crippen LogP contribution in [0.2, 0.25) is 0 Å². The molecule has 8 heteroatoms. The van der Waals surface area contributed by atoms with E-state index in [1.54, 1.807) is 78.9 Å². The molecule has 3 rings (SSSR count). The average molecular weight is 462 g/mol. The molecule has 0 spiro atoms. The number of nitrogens with two attached hydrogens (primary N) is 1. The number of aliphatic carboxylic acids is 1. The van der Waals surface area contributed by atoms with Crippen LogP contribution in [0.25, 0.3) is 0 Å². The van der Waals surface area contributed by atoms with Gasteiger partial charge in [-0.25, -0.2) is 4.79 Å². The van der Waals surface area contributed by atoms with Crippen LogP contribution in [0.5, 0.6) is 11.5 Å². The third-order valence-electron chi connectivity index (χ3n) is 4.99. The molecule has 34 heavy (non-hydrogen) atoms. The predicted octanol–water partition coefficient (Wildman–Crippen LogP) is 3.24. The number of carboxylic acids is 1. The van der Waals surface area contributed by atoms with Crippen LogP contribution < -0.4 is 20.5 Å². The molecule has 0 saturated heterocycles. The minimum absolute atomic E-state index is 0.0152. The fraction of sp³-hybridized carbons (Fsp3) is 0.192. The van der Waals surface area contributed by atoms with Crippen LogP contribution >= 0.6 is 0 Å². The SMILES string of the molecule is N=C(N)c1ccc(OCCCOc2ccc(C[C@H](NC(=O)c3ccccc3)C(=O)O)cc2)cc1. The average Bonchev–Trinajstić information content (AvgIpc) is 2.85. The number of nitrogen functional groups attached to an aromatic ring is 1. The monoisotopic (exact) mass is 461 g/mol. The standard InChI is InChI=1S/C26H27N3O5/c27-24(28)19-9-13-22(14-10-19)34-16-4-15-33-21-11-7-18(8-12-21)17-23(26(31)32)29-25(30)20-5-2-1-3-6-20/h1-3,5-14,23H,4,15-17H2,(H3,27,28)(H,29,30)(H,31,32)/t23-/m0/s1. The molecule has 0 radical (unpaired) electrons. The third-order valence-corrected chi connectivity index (χ3v) is 4.99. The largest absolute Gasteiger partial charge is 0.493 e. The van der Waals surface area contributed by atoms with Crippen LogP contribution in [-0.4, -0.2) is 42.1 Å². The van der Waals surface area contributed by atoms with Gasteiger partial charge in [-0.3, -0.25) is 10.2 Å². The summed E-state index contributed by atoms with van der Waals surface area (Å²) < 4.78 is 11.4. The Labute approximate surface area is 197 Å². The Morgan fingerprint density at radius 3 is 1.94 bits per heavy atom. The Balaban J connectivity index is 1.42. The van der Waals surface area contributed by atoms with E-state index in [0.29, 0.717) is 42.3 Å². The van der Waals surface area contributed by atoms with Gasteiger partial charge in [0.15, 0.2) is 0 Å². The van der Waals surface area contributed by atoms with Crippen LogP contribution in [-0.2, 0) is 11.2 Å². The zero-order valence-electron chi connectivity index (χ0n) is 18.6. The fourth-order valence-electron chi connectivity index (χ4n) is 3.16. The number of amides is 1. The maximum atomic E-state index is 12.3. The van der Waals surface area contributed by atoms with Crippen molar-refractivity contribution in [2.75, 3.05) is 13.2 Å².